The fraction of sp³-hybridized carbons (Fsp3) is 0.350. The summed E-state index contributed by atoms with van der Waals surface area (Å²) in [6, 6.07) is 1.96. The van der Waals surface area contributed by atoms with E-state index in [4.69, 9.17) is 21.4 Å². The molecule has 0 saturated carbocycles. The maximum atomic E-state index is 13.0. The summed E-state index contributed by atoms with van der Waals surface area (Å²) < 4.78 is 44.6. The number of nitrogens with zero attached hydrogens (tertiary/aromatic N) is 4. The highest BCUT2D eigenvalue weighted by molar-refractivity contribution is 7.13. The third kappa shape index (κ3) is 7.05. The molecule has 3 aromatic rings. The summed E-state index contributed by atoms with van der Waals surface area (Å²) >= 11 is 6.61. The number of alkyl halides is 3. The molecule has 0 aromatic carbocycles. The first-order valence-corrected chi connectivity index (χ1v) is 11.3. The van der Waals surface area contributed by atoms with Gasteiger partial charge in [0.25, 0.3) is 5.91 Å². The number of aromatic nitrogens is 4. The number of ether oxygens (including phenoxy) is 1. The van der Waals surface area contributed by atoms with Crippen LogP contribution in [0.25, 0.3) is 0 Å². The number of anilines is 2. The third-order valence-corrected chi connectivity index (χ3v) is 6.01. The van der Waals surface area contributed by atoms with Crippen LogP contribution >= 0.6 is 22.9 Å². The molecule has 4 N–H and O–H groups in total. The van der Waals surface area contributed by atoms with Crippen molar-refractivity contribution in [2.75, 3.05) is 30.9 Å². The maximum Gasteiger partial charge on any atom is 0.418 e. The molecule has 3 rings (SSSR count). The number of amides is 1. The van der Waals surface area contributed by atoms with Gasteiger partial charge in [-0.25, -0.2) is 19.9 Å². The monoisotopic (exact) mass is 531 g/mol. The van der Waals surface area contributed by atoms with Gasteiger partial charge in [0.05, 0.1) is 35.1 Å². The van der Waals surface area contributed by atoms with Crippen molar-refractivity contribution in [3.05, 3.63) is 57.0 Å². The molecule has 1 amide bonds. The summed E-state index contributed by atoms with van der Waals surface area (Å²) in [5, 5.41) is 17.4. The molecule has 3 heterocycles. The van der Waals surface area contributed by atoms with Gasteiger partial charge in [0.15, 0.2) is 6.23 Å². The van der Waals surface area contributed by atoms with E-state index in [0.717, 1.165) is 17.5 Å². The van der Waals surface area contributed by atoms with Crippen molar-refractivity contribution in [2.45, 2.75) is 25.4 Å². The maximum absolute atomic E-state index is 13.0. The highest BCUT2D eigenvalue weighted by Crippen LogP contribution is 2.35. The van der Waals surface area contributed by atoms with E-state index in [9.17, 15) is 18.0 Å². The van der Waals surface area contributed by atoms with Crippen LogP contribution in [0.5, 0.6) is 0 Å². The molecule has 2 atom stereocenters. The van der Waals surface area contributed by atoms with E-state index >= 15 is 0 Å². The Kier molecular flexibility index (Phi) is 8.91. The van der Waals surface area contributed by atoms with Gasteiger partial charge in [0, 0.05) is 25.9 Å². The quantitative estimate of drug-likeness (QED) is 0.289. The molecule has 0 aliphatic carbocycles. The van der Waals surface area contributed by atoms with E-state index < -0.39 is 28.9 Å². The minimum atomic E-state index is -4.69. The Morgan fingerprint density at radius 1 is 1.20 bits per heavy atom. The number of carbonyl (C=O) groups is 1. The first kappa shape index (κ1) is 26.7. The van der Waals surface area contributed by atoms with Crippen LogP contribution in [0.3, 0.4) is 0 Å². The van der Waals surface area contributed by atoms with Gasteiger partial charge in [0.2, 0.25) is 0 Å². The van der Waals surface area contributed by atoms with Crippen molar-refractivity contribution >= 4 is 40.5 Å². The smallest absolute Gasteiger partial charge is 0.395 e. The molecule has 10 nitrogen and oxygen atoms in total. The van der Waals surface area contributed by atoms with Crippen molar-refractivity contribution in [1.29, 1.82) is 0 Å². The summed E-state index contributed by atoms with van der Waals surface area (Å²) in [5.41, 5.74) is -0.573. The highest BCUT2D eigenvalue weighted by Gasteiger charge is 2.34. The zero-order valence-corrected chi connectivity index (χ0v) is 20.0. The second-order valence-corrected chi connectivity index (χ2v) is 8.52. The molecule has 0 aliphatic rings. The van der Waals surface area contributed by atoms with E-state index in [1.807, 2.05) is 0 Å². The predicted molar refractivity (Wildman–Crippen MR) is 123 cm³/mol. The number of methoxy groups -OCH3 is 1. The van der Waals surface area contributed by atoms with Crippen LogP contribution in [-0.2, 0) is 10.9 Å². The van der Waals surface area contributed by atoms with Gasteiger partial charge in [-0.15, -0.1) is 11.3 Å². The molecular weight excluding hydrogens is 511 g/mol. The SMILES string of the molecule is COC(NC(C)c1ncc(C(=O)Nc2cc(C(F)(F)F)c(Cl)cn2)s1)c1cc(NCCO)ncn1. The Bertz CT molecular complexity index is 1160. The lowest BCUT2D eigenvalue weighted by molar-refractivity contribution is -0.137. The van der Waals surface area contributed by atoms with Gasteiger partial charge >= 0.3 is 6.18 Å². The Hall–Kier alpha value is -2.91. The molecule has 3 aromatic heterocycles. The Morgan fingerprint density at radius 3 is 2.66 bits per heavy atom. The first-order valence-electron chi connectivity index (χ1n) is 10.1. The summed E-state index contributed by atoms with van der Waals surface area (Å²) in [4.78, 5) is 28.9. The highest BCUT2D eigenvalue weighted by atomic mass is 35.5. The number of pyridine rings is 1. The number of hydrogen-bond acceptors (Lipinski definition) is 10. The molecule has 0 radical (unpaired) electrons. The molecule has 188 valence electrons. The third-order valence-electron chi connectivity index (χ3n) is 4.53. The normalized spacial score (nSPS) is 13.3. The van der Waals surface area contributed by atoms with Gasteiger partial charge in [-0.1, -0.05) is 11.6 Å². The van der Waals surface area contributed by atoms with E-state index in [0.29, 0.717) is 29.1 Å². The number of thiazole rings is 1. The predicted octanol–water partition coefficient (Wildman–Crippen LogP) is 3.65. The molecule has 0 bridgehead atoms. The van der Waals surface area contributed by atoms with Crippen LogP contribution in [0.4, 0.5) is 24.8 Å². The standard InChI is InChI=1S/C20H21ClF3N7O3S/c1-10(30-18(34-2)13-6-15(25-3-4-32)29-9-28-13)19-27-8-14(35-19)17(33)31-16-5-11(20(22,23)24)12(21)7-26-16/h5-10,18,30,32H,3-4H2,1-2H3,(H,25,28,29)(H,26,31,33). The van der Waals surface area contributed by atoms with E-state index in [1.54, 1.807) is 13.0 Å². The van der Waals surface area contributed by atoms with Crippen LogP contribution in [0.15, 0.2) is 30.9 Å². The second-order valence-electron chi connectivity index (χ2n) is 7.05. The summed E-state index contributed by atoms with van der Waals surface area (Å²) in [6.07, 6.45) is -1.82. The molecule has 0 fully saturated rings. The van der Waals surface area contributed by atoms with Gasteiger partial charge in [-0.05, 0) is 13.0 Å². The van der Waals surface area contributed by atoms with Crippen LogP contribution < -0.4 is 16.0 Å². The number of aliphatic hydroxyl groups excluding tert-OH is 1. The average Bonchev–Trinajstić information content (AvgIpc) is 3.32. The zero-order valence-electron chi connectivity index (χ0n) is 18.4. The van der Waals surface area contributed by atoms with Crippen molar-refractivity contribution in [3.63, 3.8) is 0 Å². The topological polar surface area (TPSA) is 134 Å². The Morgan fingerprint density at radius 2 is 1.97 bits per heavy atom. The van der Waals surface area contributed by atoms with Crippen LogP contribution in [0.2, 0.25) is 5.02 Å². The number of nitrogens with one attached hydrogen (secondary N) is 3. The molecule has 0 aliphatic heterocycles. The minimum Gasteiger partial charge on any atom is -0.395 e. The van der Waals surface area contributed by atoms with E-state index in [-0.39, 0.29) is 23.3 Å². The number of halogens is 4. The van der Waals surface area contributed by atoms with Crippen molar-refractivity contribution in [2.24, 2.45) is 0 Å². The van der Waals surface area contributed by atoms with Gasteiger partial charge in [-0.3, -0.25) is 10.1 Å². The van der Waals surface area contributed by atoms with E-state index in [1.165, 1.54) is 19.6 Å². The minimum absolute atomic E-state index is 0.0557. The molecule has 35 heavy (non-hydrogen) atoms. The van der Waals surface area contributed by atoms with Crippen LogP contribution in [0.1, 0.15) is 45.1 Å². The lowest BCUT2D eigenvalue weighted by atomic mass is 10.2. The molecule has 15 heteroatoms. The largest absolute Gasteiger partial charge is 0.418 e. The molecule has 0 spiro atoms. The Balaban J connectivity index is 1.68. The lowest BCUT2D eigenvalue weighted by Gasteiger charge is -2.20. The Labute approximate surface area is 207 Å². The van der Waals surface area contributed by atoms with Crippen molar-refractivity contribution < 1.29 is 27.8 Å². The zero-order chi connectivity index (χ0) is 25.6. The molecule has 0 saturated heterocycles. The van der Waals surface area contributed by atoms with Crippen LogP contribution in [0, 0.1) is 0 Å². The fourth-order valence-electron chi connectivity index (χ4n) is 2.86. The number of carbonyl (C=O) groups excluding carboxylic acids is 1. The summed E-state index contributed by atoms with van der Waals surface area (Å²) in [7, 11) is 1.49. The van der Waals surface area contributed by atoms with E-state index in [2.05, 4.69) is 35.9 Å². The lowest BCUT2D eigenvalue weighted by Crippen LogP contribution is -2.27. The van der Waals surface area contributed by atoms with Gasteiger partial charge in [0.1, 0.15) is 27.8 Å². The first-order chi connectivity index (χ1) is 16.6. The number of aliphatic hydroxyl groups is 1. The molecule has 2 unspecified atom stereocenters. The van der Waals surface area contributed by atoms with Crippen molar-refractivity contribution in [1.82, 2.24) is 25.3 Å². The number of hydrogen-bond donors (Lipinski definition) is 4. The van der Waals surface area contributed by atoms with Crippen molar-refractivity contribution in [3.8, 4) is 0 Å². The summed E-state index contributed by atoms with van der Waals surface area (Å²) in [5.74, 6) is -0.442. The molecular formula is C20H21ClF3N7O3S. The summed E-state index contributed by atoms with van der Waals surface area (Å²) in [6.45, 7) is 2.07. The van der Waals surface area contributed by atoms with Gasteiger partial charge in [-0.2, -0.15) is 13.2 Å². The average molecular weight is 532 g/mol. The van der Waals surface area contributed by atoms with Gasteiger partial charge < -0.3 is 20.5 Å². The number of rotatable bonds is 10. The second kappa shape index (κ2) is 11.7. The fourth-order valence-corrected chi connectivity index (χ4v) is 3.90. The van der Waals surface area contributed by atoms with Crippen LogP contribution in [-0.4, -0.2) is 51.2 Å².